The Kier molecular flexibility index (Phi) is 3.94. The van der Waals surface area contributed by atoms with Gasteiger partial charge >= 0.3 is 0 Å². The van der Waals surface area contributed by atoms with E-state index in [1.54, 1.807) is 6.07 Å². The Morgan fingerprint density at radius 1 is 1.33 bits per heavy atom. The fourth-order valence-corrected chi connectivity index (χ4v) is 3.43. The normalized spacial score (nSPS) is 26.3. The van der Waals surface area contributed by atoms with Gasteiger partial charge in [0.25, 0.3) is 0 Å². The molecule has 0 spiro atoms. The summed E-state index contributed by atoms with van der Waals surface area (Å²) in [7, 11) is 0. The number of nitrogens with one attached hydrogen (secondary N) is 1. The number of amides is 1. The van der Waals surface area contributed by atoms with Gasteiger partial charge in [-0.25, -0.2) is 4.39 Å². The van der Waals surface area contributed by atoms with Crippen molar-refractivity contribution >= 4 is 11.6 Å². The van der Waals surface area contributed by atoms with E-state index in [0.717, 1.165) is 12.8 Å². The molecule has 4 heteroatoms. The molecule has 2 aliphatic carbocycles. The van der Waals surface area contributed by atoms with Crippen LogP contribution < -0.4 is 5.32 Å². The number of hydrogen-bond acceptors (Lipinski definition) is 2. The van der Waals surface area contributed by atoms with Gasteiger partial charge in [0.1, 0.15) is 12.4 Å². The van der Waals surface area contributed by atoms with Crippen molar-refractivity contribution in [1.29, 1.82) is 0 Å². The molecule has 2 saturated carbocycles. The largest absolute Gasteiger partial charge is 0.384 e. The molecule has 1 aromatic rings. The molecule has 0 aliphatic heterocycles. The molecule has 0 heterocycles. The molecule has 3 rings (SSSR count). The van der Waals surface area contributed by atoms with Crippen molar-refractivity contribution in [2.75, 3.05) is 11.9 Å². The minimum Gasteiger partial charge on any atom is -0.384 e. The highest BCUT2D eigenvalue weighted by molar-refractivity contribution is 5.95. The second-order valence-electron chi connectivity index (χ2n) is 5.78. The third-order valence-electron chi connectivity index (χ3n) is 4.50. The van der Waals surface area contributed by atoms with Crippen LogP contribution in [0.2, 0.25) is 0 Å². The van der Waals surface area contributed by atoms with E-state index >= 15 is 0 Å². The maximum Gasteiger partial charge on any atom is 0.228 e. The first-order chi connectivity index (χ1) is 10.2. The standard InChI is InChI=1S/C17H18FNO2/c18-14-10-11(4-3-9-20)7-8-15(14)19-17(21)16-12-5-1-2-6-13(12)16/h7-8,10,12-13,16,20H,1-2,5-6,9H2,(H,19,21). The Labute approximate surface area is 123 Å². The monoisotopic (exact) mass is 287 g/mol. The molecule has 2 N–H and O–H groups in total. The highest BCUT2D eigenvalue weighted by Gasteiger charge is 2.54. The summed E-state index contributed by atoms with van der Waals surface area (Å²) in [6.07, 6.45) is 4.66. The van der Waals surface area contributed by atoms with Gasteiger partial charge in [-0.15, -0.1) is 0 Å². The Balaban J connectivity index is 1.66. The van der Waals surface area contributed by atoms with E-state index in [1.165, 1.54) is 25.0 Å². The number of benzene rings is 1. The van der Waals surface area contributed by atoms with Gasteiger partial charge in [0.05, 0.1) is 5.69 Å². The predicted octanol–water partition coefficient (Wildman–Crippen LogP) is 2.54. The molecule has 1 aromatic carbocycles. The van der Waals surface area contributed by atoms with E-state index in [4.69, 9.17) is 5.11 Å². The highest BCUT2D eigenvalue weighted by Crippen LogP contribution is 2.55. The molecule has 110 valence electrons. The van der Waals surface area contributed by atoms with Crippen LogP contribution in [0.3, 0.4) is 0 Å². The van der Waals surface area contributed by atoms with Crippen molar-refractivity contribution in [3.8, 4) is 11.8 Å². The third kappa shape index (κ3) is 2.93. The van der Waals surface area contributed by atoms with E-state index in [0.29, 0.717) is 17.4 Å². The van der Waals surface area contributed by atoms with Crippen molar-refractivity contribution in [2.45, 2.75) is 25.7 Å². The molecule has 2 aliphatic rings. The fraction of sp³-hybridized carbons (Fsp3) is 0.471. The maximum atomic E-state index is 13.9. The first-order valence-electron chi connectivity index (χ1n) is 7.41. The van der Waals surface area contributed by atoms with Crippen molar-refractivity contribution in [3.05, 3.63) is 29.6 Å². The number of carbonyl (C=O) groups is 1. The summed E-state index contributed by atoms with van der Waals surface area (Å²) in [4.78, 5) is 12.2. The van der Waals surface area contributed by atoms with Crippen molar-refractivity contribution in [1.82, 2.24) is 0 Å². The zero-order valence-electron chi connectivity index (χ0n) is 11.7. The quantitative estimate of drug-likeness (QED) is 0.821. The number of rotatable bonds is 2. The lowest BCUT2D eigenvalue weighted by Gasteiger charge is -2.06. The lowest BCUT2D eigenvalue weighted by Crippen LogP contribution is -2.16. The van der Waals surface area contributed by atoms with Crippen LogP contribution in [0.4, 0.5) is 10.1 Å². The van der Waals surface area contributed by atoms with E-state index < -0.39 is 5.82 Å². The lowest BCUT2D eigenvalue weighted by molar-refractivity contribution is -0.117. The van der Waals surface area contributed by atoms with Gasteiger partial charge in [-0.05, 0) is 42.9 Å². The number of fused-ring (bicyclic) bond motifs is 1. The molecule has 0 saturated heterocycles. The van der Waals surface area contributed by atoms with Crippen molar-refractivity contribution in [2.24, 2.45) is 17.8 Å². The number of halogens is 1. The second-order valence-corrected chi connectivity index (χ2v) is 5.78. The molecular formula is C17H18FNO2. The molecule has 3 nitrogen and oxygen atoms in total. The van der Waals surface area contributed by atoms with Crippen LogP contribution >= 0.6 is 0 Å². The van der Waals surface area contributed by atoms with Crippen LogP contribution in [-0.2, 0) is 4.79 Å². The van der Waals surface area contributed by atoms with Gasteiger partial charge in [0, 0.05) is 11.5 Å². The van der Waals surface area contributed by atoms with Crippen LogP contribution in [0, 0.1) is 35.4 Å². The number of anilines is 1. The molecule has 2 atom stereocenters. The first kappa shape index (κ1) is 14.1. The van der Waals surface area contributed by atoms with Gasteiger partial charge < -0.3 is 10.4 Å². The Morgan fingerprint density at radius 3 is 2.67 bits per heavy atom. The van der Waals surface area contributed by atoms with Crippen molar-refractivity contribution in [3.63, 3.8) is 0 Å². The smallest absolute Gasteiger partial charge is 0.228 e. The molecule has 1 amide bonds. The van der Waals surface area contributed by atoms with E-state index in [-0.39, 0.29) is 24.1 Å². The average molecular weight is 287 g/mol. The fourth-order valence-electron chi connectivity index (χ4n) is 3.43. The minimum atomic E-state index is -0.489. The van der Waals surface area contributed by atoms with Gasteiger partial charge in [0.15, 0.2) is 0 Å². The zero-order valence-corrected chi connectivity index (χ0v) is 11.7. The lowest BCUT2D eigenvalue weighted by atomic mass is 10.0. The average Bonchev–Trinajstić information content (AvgIpc) is 3.22. The molecule has 21 heavy (non-hydrogen) atoms. The van der Waals surface area contributed by atoms with Crippen molar-refractivity contribution < 1.29 is 14.3 Å². The Hall–Kier alpha value is -1.86. The summed E-state index contributed by atoms with van der Waals surface area (Å²) in [6, 6.07) is 4.44. The summed E-state index contributed by atoms with van der Waals surface area (Å²) >= 11 is 0. The van der Waals surface area contributed by atoms with Crippen LogP contribution in [0.1, 0.15) is 31.2 Å². The second kappa shape index (κ2) is 5.87. The zero-order chi connectivity index (χ0) is 14.8. The summed E-state index contributed by atoms with van der Waals surface area (Å²) in [6.45, 7) is -0.259. The predicted molar refractivity (Wildman–Crippen MR) is 77.9 cm³/mol. The molecule has 0 bridgehead atoms. The molecule has 0 radical (unpaired) electrons. The number of carbonyl (C=O) groups excluding carboxylic acids is 1. The van der Waals surface area contributed by atoms with Gasteiger partial charge in [0.2, 0.25) is 5.91 Å². The van der Waals surface area contributed by atoms with E-state index in [9.17, 15) is 9.18 Å². The minimum absolute atomic E-state index is 0.0556. The summed E-state index contributed by atoms with van der Waals surface area (Å²) < 4.78 is 13.9. The summed E-state index contributed by atoms with van der Waals surface area (Å²) in [5.41, 5.74) is 0.692. The first-order valence-corrected chi connectivity index (χ1v) is 7.41. The maximum absolute atomic E-state index is 13.9. The topological polar surface area (TPSA) is 49.3 Å². The van der Waals surface area contributed by atoms with Crippen LogP contribution in [-0.4, -0.2) is 17.6 Å². The Morgan fingerprint density at radius 2 is 2.05 bits per heavy atom. The van der Waals surface area contributed by atoms with E-state index in [2.05, 4.69) is 17.2 Å². The van der Waals surface area contributed by atoms with Gasteiger partial charge in [-0.3, -0.25) is 4.79 Å². The molecule has 2 fully saturated rings. The summed E-state index contributed by atoms with van der Waals surface area (Å²) in [5.74, 6) is 5.65. The highest BCUT2D eigenvalue weighted by atomic mass is 19.1. The van der Waals surface area contributed by atoms with Gasteiger partial charge in [-0.2, -0.15) is 0 Å². The number of aliphatic hydroxyl groups excluding tert-OH is 1. The third-order valence-corrected chi connectivity index (χ3v) is 4.50. The molecule has 2 unspecified atom stereocenters. The molecule has 0 aromatic heterocycles. The van der Waals surface area contributed by atoms with E-state index in [1.807, 2.05) is 0 Å². The van der Waals surface area contributed by atoms with Crippen LogP contribution in [0.15, 0.2) is 18.2 Å². The van der Waals surface area contributed by atoms with Crippen LogP contribution in [0.25, 0.3) is 0 Å². The van der Waals surface area contributed by atoms with Crippen LogP contribution in [0.5, 0.6) is 0 Å². The number of aliphatic hydroxyl groups is 1. The summed E-state index contributed by atoms with van der Waals surface area (Å²) in [5, 5.41) is 11.3. The Bertz CT molecular complexity index is 605. The number of hydrogen-bond donors (Lipinski definition) is 2. The molecular weight excluding hydrogens is 269 g/mol. The SMILES string of the molecule is O=C(Nc1ccc(C#CCO)cc1F)C1C2CCCCC21. The van der Waals surface area contributed by atoms with Gasteiger partial charge in [-0.1, -0.05) is 24.7 Å².